The highest BCUT2D eigenvalue weighted by Gasteiger charge is 2.26. The second kappa shape index (κ2) is 20.3. The maximum absolute atomic E-state index is 13.0. The van der Waals surface area contributed by atoms with Crippen molar-refractivity contribution in [3.05, 3.63) is 156 Å². The number of H-pyrrole nitrogens is 2. The van der Waals surface area contributed by atoms with Crippen molar-refractivity contribution < 1.29 is 19.1 Å². The van der Waals surface area contributed by atoms with E-state index in [1.54, 1.807) is 60.8 Å². The Kier molecular flexibility index (Phi) is 12.9. The molecular weight excluding hydrogens is 889 g/mol. The number of esters is 1. The lowest BCUT2D eigenvalue weighted by molar-refractivity contribution is 0.0600. The van der Waals surface area contributed by atoms with Gasteiger partial charge in [0, 0.05) is 87.4 Å². The summed E-state index contributed by atoms with van der Waals surface area (Å²) in [5.74, 6) is 4.00. The Morgan fingerprint density at radius 3 is 1.51 bits per heavy atom. The summed E-state index contributed by atoms with van der Waals surface area (Å²) >= 11 is 0. The highest BCUT2D eigenvalue weighted by atomic mass is 16.5. The van der Waals surface area contributed by atoms with Gasteiger partial charge in [0.2, 0.25) is 11.9 Å². The number of urea groups is 2. The summed E-state index contributed by atoms with van der Waals surface area (Å²) < 4.78 is 4.73. The van der Waals surface area contributed by atoms with Gasteiger partial charge >= 0.3 is 18.0 Å². The normalized spacial score (nSPS) is 12.9. The lowest BCUT2D eigenvalue weighted by Crippen LogP contribution is -2.19. The van der Waals surface area contributed by atoms with Gasteiger partial charge in [-0.1, -0.05) is 12.1 Å². The molecule has 70 heavy (non-hydrogen) atoms. The minimum atomic E-state index is -0.457. The Labute approximate surface area is 401 Å². The number of methoxy groups -OCH3 is 1. The first-order valence-electron chi connectivity index (χ1n) is 22.7. The molecule has 10 rings (SSSR count). The van der Waals surface area contributed by atoms with E-state index in [-0.39, 0.29) is 6.03 Å². The number of aromatic nitrogens is 8. The first-order valence-corrected chi connectivity index (χ1v) is 22.7. The van der Waals surface area contributed by atoms with Crippen molar-refractivity contribution >= 4 is 87.3 Å². The number of amides is 4. The number of benzene rings is 4. The summed E-state index contributed by atoms with van der Waals surface area (Å²) in [7, 11) is 1.31. The van der Waals surface area contributed by atoms with E-state index >= 15 is 0 Å². The molecule has 0 bridgehead atoms. The van der Waals surface area contributed by atoms with Gasteiger partial charge in [-0.15, -0.1) is 0 Å². The molecule has 0 saturated heterocycles. The summed E-state index contributed by atoms with van der Waals surface area (Å²) in [4.78, 5) is 55.8. The van der Waals surface area contributed by atoms with Crippen molar-refractivity contribution in [2.75, 3.05) is 49.6 Å². The van der Waals surface area contributed by atoms with Crippen LogP contribution in [0.2, 0.25) is 0 Å². The number of hydrogen-bond acceptors (Lipinski definition) is 14. The molecule has 0 aliphatic heterocycles. The molecule has 0 radical (unpaired) electrons. The zero-order chi connectivity index (χ0) is 47.8. The van der Waals surface area contributed by atoms with Crippen LogP contribution in [-0.2, 0) is 17.6 Å². The maximum atomic E-state index is 13.0. The van der Waals surface area contributed by atoms with Gasteiger partial charge in [-0.05, 0) is 135 Å². The molecule has 2 aliphatic rings. The van der Waals surface area contributed by atoms with Crippen LogP contribution in [0.1, 0.15) is 70.5 Å². The Morgan fingerprint density at radius 2 is 0.986 bits per heavy atom. The van der Waals surface area contributed by atoms with Crippen LogP contribution in [0.5, 0.6) is 0 Å². The minimum Gasteiger partial charge on any atom is -0.465 e. The molecule has 8 aromatic rings. The van der Waals surface area contributed by atoms with Gasteiger partial charge in [0.05, 0.1) is 12.7 Å². The first-order chi connectivity index (χ1) is 34.2. The van der Waals surface area contributed by atoms with Gasteiger partial charge in [-0.25, -0.2) is 24.4 Å². The molecule has 4 aromatic carbocycles. The summed E-state index contributed by atoms with van der Waals surface area (Å²) in [5.41, 5.74) is 8.25. The van der Waals surface area contributed by atoms with Gasteiger partial charge in [0.15, 0.2) is 11.6 Å². The van der Waals surface area contributed by atoms with E-state index in [0.717, 1.165) is 41.2 Å². The molecular formula is C50H48N16O4. The highest BCUT2D eigenvalue weighted by molar-refractivity contribution is 6.01. The number of rotatable bonds is 18. The third kappa shape index (κ3) is 12.0. The van der Waals surface area contributed by atoms with Crippen molar-refractivity contribution in [2.24, 2.45) is 0 Å². The van der Waals surface area contributed by atoms with Crippen molar-refractivity contribution in [1.82, 2.24) is 40.3 Å². The van der Waals surface area contributed by atoms with Crippen molar-refractivity contribution in [1.29, 1.82) is 0 Å². The smallest absolute Gasteiger partial charge is 0.337 e. The second-order valence-corrected chi connectivity index (χ2v) is 16.9. The van der Waals surface area contributed by atoms with E-state index in [1.165, 1.54) is 20.0 Å². The van der Waals surface area contributed by atoms with E-state index in [9.17, 15) is 14.4 Å². The Hall–Kier alpha value is -9.33. The Morgan fingerprint density at radius 1 is 0.514 bits per heavy atom. The molecule has 4 heterocycles. The third-order valence-electron chi connectivity index (χ3n) is 11.4. The standard InChI is InChI=1S/C50H48N16O4/c1-70-46(67)32-9-14-36(15-10-32)56-50(69)58-38-22-18-34(19-23-38)53-48-54-39(26-43(62-48)60-45-28-41(64-66-45)31-7-8-31)13-4-29-2-11-35(12-3-29)55-49(68)57-37-20-16-33(17-21-37)52-47-51-25-24-42(61-47)59-44-27-40(63-65-44)30-5-6-30/h2-3,9-12,14-28,30-31H,4-8,13H2,1H3,(H2,55,57,68)(H2,56,58,69)(H3,51,52,59,61,63,65)(H3,53,54,60,62,64,66). The topological polar surface area (TPSA) is 266 Å². The second-order valence-electron chi connectivity index (χ2n) is 16.9. The number of nitrogens with zero attached hydrogens (tertiary/aromatic N) is 6. The van der Waals surface area contributed by atoms with E-state index in [2.05, 4.69) is 72.9 Å². The van der Waals surface area contributed by atoms with E-state index in [1.807, 2.05) is 66.7 Å². The molecule has 2 aliphatic carbocycles. The molecule has 20 nitrogen and oxygen atoms in total. The van der Waals surface area contributed by atoms with Gasteiger partial charge in [0.25, 0.3) is 0 Å². The molecule has 2 fully saturated rings. The van der Waals surface area contributed by atoms with Gasteiger partial charge in [-0.3, -0.25) is 10.2 Å². The molecule has 4 amide bonds. The molecule has 20 heteroatoms. The molecule has 4 aromatic heterocycles. The molecule has 0 unspecified atom stereocenters. The predicted molar refractivity (Wildman–Crippen MR) is 268 cm³/mol. The van der Waals surface area contributed by atoms with Gasteiger partial charge < -0.3 is 47.3 Å². The number of aromatic amines is 2. The molecule has 2 saturated carbocycles. The Bertz CT molecular complexity index is 3110. The summed E-state index contributed by atoms with van der Waals surface area (Å²) in [5, 5.41) is 39.4. The van der Waals surface area contributed by atoms with Crippen LogP contribution in [0.4, 0.5) is 78.9 Å². The largest absolute Gasteiger partial charge is 0.465 e. The van der Waals surface area contributed by atoms with Crippen LogP contribution in [0.15, 0.2) is 128 Å². The first kappa shape index (κ1) is 44.5. The third-order valence-corrected chi connectivity index (χ3v) is 11.4. The van der Waals surface area contributed by atoms with Crippen LogP contribution >= 0.6 is 0 Å². The number of nitrogens with one attached hydrogen (secondary N) is 10. The number of carbonyl (C=O) groups excluding carboxylic acids is 3. The quantitative estimate of drug-likeness (QED) is 0.0359. The molecule has 10 N–H and O–H groups in total. The average molecular weight is 937 g/mol. The number of hydrogen-bond donors (Lipinski definition) is 10. The van der Waals surface area contributed by atoms with Crippen LogP contribution in [0, 0.1) is 0 Å². The average Bonchev–Trinajstić information content (AvgIpc) is 4.31. The van der Waals surface area contributed by atoms with Crippen molar-refractivity contribution in [2.45, 2.75) is 50.4 Å². The fourth-order valence-electron chi connectivity index (χ4n) is 7.46. The van der Waals surface area contributed by atoms with E-state index in [4.69, 9.17) is 14.7 Å². The fraction of sp³-hybridized carbons (Fsp3) is 0.180. The molecule has 0 atom stereocenters. The zero-order valence-electron chi connectivity index (χ0n) is 37.8. The Balaban J connectivity index is 0.721. The molecule has 0 spiro atoms. The van der Waals surface area contributed by atoms with Crippen LogP contribution < -0.4 is 42.5 Å². The number of carbonyl (C=O) groups is 3. The number of aryl methyl sites for hydroxylation is 2. The highest BCUT2D eigenvalue weighted by Crippen LogP contribution is 2.40. The van der Waals surface area contributed by atoms with Gasteiger partial charge in [0.1, 0.15) is 11.6 Å². The van der Waals surface area contributed by atoms with Crippen LogP contribution in [-0.4, -0.2) is 65.5 Å². The minimum absolute atomic E-state index is 0.377. The van der Waals surface area contributed by atoms with Crippen LogP contribution in [0.25, 0.3) is 0 Å². The number of ether oxygens (including phenoxy) is 1. The maximum Gasteiger partial charge on any atom is 0.337 e. The van der Waals surface area contributed by atoms with Gasteiger partial charge in [-0.2, -0.15) is 20.2 Å². The van der Waals surface area contributed by atoms with E-state index in [0.29, 0.717) is 93.8 Å². The monoisotopic (exact) mass is 936 g/mol. The number of anilines is 12. The summed E-state index contributed by atoms with van der Waals surface area (Å²) in [6, 6.07) is 35.4. The SMILES string of the molecule is COC(=O)c1ccc(NC(=O)Nc2ccc(Nc3nc(CCc4ccc(NC(=O)Nc5ccc(Nc6nccc(Nc7cc(C8CC8)[nH]n7)n6)cc5)cc4)cc(Nc4cc(C5CC5)[nH]n4)n3)cc2)cc1. The zero-order valence-corrected chi connectivity index (χ0v) is 37.8. The summed E-state index contributed by atoms with van der Waals surface area (Å²) in [6.45, 7) is 0. The lowest BCUT2D eigenvalue weighted by Gasteiger charge is -2.12. The van der Waals surface area contributed by atoms with Crippen molar-refractivity contribution in [3.63, 3.8) is 0 Å². The molecule has 352 valence electrons. The fourth-order valence-corrected chi connectivity index (χ4v) is 7.46. The van der Waals surface area contributed by atoms with E-state index < -0.39 is 12.0 Å². The summed E-state index contributed by atoms with van der Waals surface area (Å²) in [6.07, 6.45) is 7.62. The van der Waals surface area contributed by atoms with Crippen LogP contribution in [0.3, 0.4) is 0 Å². The lowest BCUT2D eigenvalue weighted by atomic mass is 10.1. The van der Waals surface area contributed by atoms with Crippen molar-refractivity contribution in [3.8, 4) is 0 Å². The predicted octanol–water partition coefficient (Wildman–Crippen LogP) is 10.3.